The molecular formula is C17H19NS. The van der Waals surface area contributed by atoms with Crippen LogP contribution in [0.1, 0.15) is 25.0 Å². The van der Waals surface area contributed by atoms with Gasteiger partial charge in [-0.15, -0.1) is 11.8 Å². The fraction of sp³-hybridized carbons (Fsp3) is 0.294. The van der Waals surface area contributed by atoms with Crippen LogP contribution in [0.2, 0.25) is 0 Å². The standard InChI is InChI=1S/C17H19NS/c1-17(2)12-19-16-10-6-3-7-13(16)11-18-15-9-5-4-8-14(15)17/h3-10,18H,11-12H2,1-2H3. The summed E-state index contributed by atoms with van der Waals surface area (Å²) in [5, 5.41) is 3.60. The number of hydrogen-bond donors (Lipinski definition) is 1. The van der Waals surface area contributed by atoms with E-state index in [1.807, 2.05) is 11.8 Å². The molecule has 0 aromatic heterocycles. The fourth-order valence-electron chi connectivity index (χ4n) is 2.54. The summed E-state index contributed by atoms with van der Waals surface area (Å²) in [6.45, 7) is 5.55. The highest BCUT2D eigenvalue weighted by atomic mass is 32.2. The summed E-state index contributed by atoms with van der Waals surface area (Å²) in [5.74, 6) is 1.10. The van der Waals surface area contributed by atoms with Gasteiger partial charge in [0.2, 0.25) is 0 Å². The van der Waals surface area contributed by atoms with Gasteiger partial charge in [0.15, 0.2) is 0 Å². The second-order valence-electron chi connectivity index (χ2n) is 5.68. The normalized spacial score (nSPS) is 17.2. The summed E-state index contributed by atoms with van der Waals surface area (Å²) in [7, 11) is 0. The van der Waals surface area contributed by atoms with E-state index in [1.165, 1.54) is 21.7 Å². The summed E-state index contributed by atoms with van der Waals surface area (Å²) in [5.41, 5.74) is 4.24. The molecule has 0 spiro atoms. The molecule has 3 rings (SSSR count). The Bertz CT molecular complexity index is 589. The van der Waals surface area contributed by atoms with E-state index in [0.29, 0.717) is 0 Å². The van der Waals surface area contributed by atoms with Crippen LogP contribution in [-0.4, -0.2) is 5.75 Å². The quantitative estimate of drug-likeness (QED) is 0.745. The molecule has 19 heavy (non-hydrogen) atoms. The maximum atomic E-state index is 3.60. The van der Waals surface area contributed by atoms with Gasteiger partial charge < -0.3 is 5.32 Å². The molecule has 0 radical (unpaired) electrons. The Labute approximate surface area is 119 Å². The van der Waals surface area contributed by atoms with Crippen LogP contribution in [0.25, 0.3) is 0 Å². The third-order valence-electron chi connectivity index (χ3n) is 3.69. The molecule has 1 N–H and O–H groups in total. The molecule has 0 unspecified atom stereocenters. The third-order valence-corrected chi connectivity index (χ3v) is 5.26. The molecule has 0 aliphatic carbocycles. The summed E-state index contributed by atoms with van der Waals surface area (Å²) in [6, 6.07) is 17.4. The number of nitrogens with one attached hydrogen (secondary N) is 1. The van der Waals surface area contributed by atoms with E-state index in [9.17, 15) is 0 Å². The molecule has 0 fully saturated rings. The molecule has 1 aliphatic heterocycles. The van der Waals surface area contributed by atoms with Crippen LogP contribution in [0.3, 0.4) is 0 Å². The summed E-state index contributed by atoms with van der Waals surface area (Å²) in [4.78, 5) is 1.40. The van der Waals surface area contributed by atoms with Crippen LogP contribution < -0.4 is 5.32 Å². The fourth-order valence-corrected chi connectivity index (χ4v) is 3.72. The average Bonchev–Trinajstić information content (AvgIpc) is 2.48. The van der Waals surface area contributed by atoms with Gasteiger partial charge in [-0.1, -0.05) is 50.2 Å². The monoisotopic (exact) mass is 269 g/mol. The Morgan fingerprint density at radius 2 is 1.74 bits per heavy atom. The van der Waals surface area contributed by atoms with E-state index >= 15 is 0 Å². The predicted octanol–water partition coefficient (Wildman–Crippen LogP) is 4.68. The molecule has 1 nitrogen and oxygen atoms in total. The lowest BCUT2D eigenvalue weighted by atomic mass is 9.85. The average molecular weight is 269 g/mol. The van der Waals surface area contributed by atoms with Crippen molar-refractivity contribution in [3.8, 4) is 0 Å². The highest BCUT2D eigenvalue weighted by Crippen LogP contribution is 2.37. The van der Waals surface area contributed by atoms with Crippen molar-refractivity contribution in [1.82, 2.24) is 0 Å². The number of anilines is 1. The molecule has 0 bridgehead atoms. The number of hydrogen-bond acceptors (Lipinski definition) is 2. The van der Waals surface area contributed by atoms with Crippen molar-refractivity contribution in [3.05, 3.63) is 59.7 Å². The molecule has 2 aromatic carbocycles. The highest BCUT2D eigenvalue weighted by Gasteiger charge is 2.25. The highest BCUT2D eigenvalue weighted by molar-refractivity contribution is 7.99. The van der Waals surface area contributed by atoms with Gasteiger partial charge in [-0.3, -0.25) is 0 Å². The van der Waals surface area contributed by atoms with Gasteiger partial charge in [-0.2, -0.15) is 0 Å². The van der Waals surface area contributed by atoms with E-state index in [4.69, 9.17) is 0 Å². The minimum Gasteiger partial charge on any atom is -0.381 e. The second kappa shape index (κ2) is 4.93. The van der Waals surface area contributed by atoms with E-state index in [0.717, 1.165) is 12.3 Å². The maximum Gasteiger partial charge on any atom is 0.0411 e. The van der Waals surface area contributed by atoms with Crippen LogP contribution in [0.5, 0.6) is 0 Å². The number of benzene rings is 2. The Balaban J connectivity index is 2.05. The van der Waals surface area contributed by atoms with Crippen LogP contribution in [0.4, 0.5) is 5.69 Å². The van der Waals surface area contributed by atoms with Gasteiger partial charge in [-0.05, 0) is 23.3 Å². The Kier molecular flexibility index (Phi) is 3.28. The SMILES string of the molecule is CC1(C)CSc2ccccc2CNc2ccccc21. The summed E-state index contributed by atoms with van der Waals surface area (Å²) < 4.78 is 0. The van der Waals surface area contributed by atoms with Crippen molar-refractivity contribution in [1.29, 1.82) is 0 Å². The first-order chi connectivity index (χ1) is 9.17. The van der Waals surface area contributed by atoms with E-state index < -0.39 is 0 Å². The van der Waals surface area contributed by atoms with E-state index in [-0.39, 0.29) is 5.41 Å². The molecule has 0 atom stereocenters. The second-order valence-corrected chi connectivity index (χ2v) is 6.70. The molecule has 98 valence electrons. The maximum absolute atomic E-state index is 3.60. The first-order valence-electron chi connectivity index (χ1n) is 6.71. The topological polar surface area (TPSA) is 12.0 Å². The van der Waals surface area contributed by atoms with E-state index in [1.54, 1.807) is 0 Å². The van der Waals surface area contributed by atoms with Crippen LogP contribution in [-0.2, 0) is 12.0 Å². The lowest BCUT2D eigenvalue weighted by Gasteiger charge is -2.26. The van der Waals surface area contributed by atoms with Crippen LogP contribution in [0.15, 0.2) is 53.4 Å². The largest absolute Gasteiger partial charge is 0.381 e. The Hall–Kier alpha value is -1.41. The minimum atomic E-state index is 0.172. The Morgan fingerprint density at radius 1 is 1.00 bits per heavy atom. The van der Waals surface area contributed by atoms with Crippen molar-refractivity contribution >= 4 is 17.4 Å². The van der Waals surface area contributed by atoms with Gasteiger partial charge in [0, 0.05) is 28.3 Å². The summed E-state index contributed by atoms with van der Waals surface area (Å²) >= 11 is 1.97. The molecule has 0 amide bonds. The minimum absolute atomic E-state index is 0.172. The predicted molar refractivity (Wildman–Crippen MR) is 84.0 cm³/mol. The number of rotatable bonds is 0. The van der Waals surface area contributed by atoms with Crippen LogP contribution >= 0.6 is 11.8 Å². The molecule has 0 saturated carbocycles. The lowest BCUT2D eigenvalue weighted by Crippen LogP contribution is -2.21. The van der Waals surface area contributed by atoms with Crippen molar-refractivity contribution in [2.45, 2.75) is 30.7 Å². The van der Waals surface area contributed by atoms with Crippen LogP contribution in [0, 0.1) is 0 Å². The zero-order valence-electron chi connectivity index (χ0n) is 11.4. The Morgan fingerprint density at radius 3 is 2.63 bits per heavy atom. The van der Waals surface area contributed by atoms with Crippen molar-refractivity contribution in [2.75, 3.05) is 11.1 Å². The third kappa shape index (κ3) is 2.50. The molecule has 1 heterocycles. The molecule has 2 aromatic rings. The molecule has 0 saturated heterocycles. The van der Waals surface area contributed by atoms with Crippen molar-refractivity contribution in [2.24, 2.45) is 0 Å². The zero-order chi connectivity index (χ0) is 13.3. The molecular weight excluding hydrogens is 250 g/mol. The first-order valence-corrected chi connectivity index (χ1v) is 7.69. The summed E-state index contributed by atoms with van der Waals surface area (Å²) in [6.07, 6.45) is 0. The van der Waals surface area contributed by atoms with Gasteiger partial charge in [0.25, 0.3) is 0 Å². The molecule has 2 heteroatoms. The van der Waals surface area contributed by atoms with Crippen molar-refractivity contribution in [3.63, 3.8) is 0 Å². The lowest BCUT2D eigenvalue weighted by molar-refractivity contribution is 0.604. The first kappa shape index (κ1) is 12.6. The number of thioether (sulfide) groups is 1. The smallest absolute Gasteiger partial charge is 0.0411 e. The van der Waals surface area contributed by atoms with Gasteiger partial charge in [-0.25, -0.2) is 0 Å². The molecule has 1 aliphatic rings. The van der Waals surface area contributed by atoms with Crippen molar-refractivity contribution < 1.29 is 0 Å². The van der Waals surface area contributed by atoms with Gasteiger partial charge in [0.1, 0.15) is 0 Å². The van der Waals surface area contributed by atoms with Gasteiger partial charge >= 0.3 is 0 Å². The van der Waals surface area contributed by atoms with Gasteiger partial charge in [0.05, 0.1) is 0 Å². The zero-order valence-corrected chi connectivity index (χ0v) is 12.3. The number of para-hydroxylation sites is 1. The van der Waals surface area contributed by atoms with E-state index in [2.05, 4.69) is 67.7 Å². The number of fused-ring (bicyclic) bond motifs is 2.